The molecule has 0 aromatic carbocycles. The summed E-state index contributed by atoms with van der Waals surface area (Å²) in [6, 6.07) is 0.155. The molecule has 1 aromatic rings. The third-order valence-corrected chi connectivity index (χ3v) is 3.03. The fourth-order valence-electron chi connectivity index (χ4n) is 1.20. The van der Waals surface area contributed by atoms with E-state index in [2.05, 4.69) is 10.3 Å². The quantitative estimate of drug-likeness (QED) is 0.766. The molecule has 86 valence electrons. The molecule has 0 amide bonds. The third-order valence-electron chi connectivity index (χ3n) is 1.91. The van der Waals surface area contributed by atoms with E-state index in [-0.39, 0.29) is 12.6 Å². The van der Waals surface area contributed by atoms with Crippen molar-refractivity contribution in [1.29, 1.82) is 0 Å². The summed E-state index contributed by atoms with van der Waals surface area (Å²) >= 11 is 7.22. The minimum atomic E-state index is 0.152. The molecule has 6 heteroatoms. The van der Waals surface area contributed by atoms with Crippen molar-refractivity contribution in [3.63, 3.8) is 0 Å². The Morgan fingerprint density at radius 3 is 3.07 bits per heavy atom. The maximum Gasteiger partial charge on any atom is 0.113 e. The Kier molecular flexibility index (Phi) is 6.12. The molecule has 2 N–H and O–H groups in total. The second-order valence-corrected chi connectivity index (χ2v) is 4.85. The maximum absolute atomic E-state index is 8.83. The smallest absolute Gasteiger partial charge is 0.113 e. The lowest BCUT2D eigenvalue weighted by molar-refractivity contribution is 0.148. The zero-order valence-electron chi connectivity index (χ0n) is 8.57. The Morgan fingerprint density at radius 2 is 2.53 bits per heavy atom. The van der Waals surface area contributed by atoms with Gasteiger partial charge in [-0.25, -0.2) is 4.98 Å². The van der Waals surface area contributed by atoms with Crippen molar-refractivity contribution in [2.24, 2.45) is 0 Å². The summed E-state index contributed by atoms with van der Waals surface area (Å²) in [7, 11) is 1.65. The number of nitrogens with zero attached hydrogens (tertiary/aromatic N) is 1. The Balaban J connectivity index is 2.32. The number of hydrogen-bond acceptors (Lipinski definition) is 5. The van der Waals surface area contributed by atoms with Crippen LogP contribution in [0.5, 0.6) is 0 Å². The van der Waals surface area contributed by atoms with Gasteiger partial charge in [0, 0.05) is 26.3 Å². The van der Waals surface area contributed by atoms with E-state index < -0.39 is 0 Å². The van der Waals surface area contributed by atoms with E-state index in [1.54, 1.807) is 13.3 Å². The molecule has 0 bridgehead atoms. The molecule has 0 aliphatic rings. The van der Waals surface area contributed by atoms with Crippen LogP contribution in [0, 0.1) is 0 Å². The molecule has 0 radical (unpaired) electrons. The Morgan fingerprint density at radius 1 is 1.73 bits per heavy atom. The number of hydrogen-bond donors (Lipinski definition) is 2. The summed E-state index contributed by atoms with van der Waals surface area (Å²) in [6.07, 6.45) is 2.31. The molecule has 4 nitrogen and oxygen atoms in total. The summed E-state index contributed by atoms with van der Waals surface area (Å²) in [5.41, 5.74) is 0. The van der Waals surface area contributed by atoms with Crippen LogP contribution >= 0.6 is 22.9 Å². The zero-order valence-corrected chi connectivity index (χ0v) is 10.1. The van der Waals surface area contributed by atoms with Gasteiger partial charge in [0.2, 0.25) is 0 Å². The van der Waals surface area contributed by atoms with Gasteiger partial charge in [0.1, 0.15) is 9.34 Å². The first-order valence-corrected chi connectivity index (χ1v) is 5.89. The molecule has 0 saturated heterocycles. The molecule has 1 heterocycles. The lowest BCUT2D eigenvalue weighted by Crippen LogP contribution is -2.33. The van der Waals surface area contributed by atoms with Crippen molar-refractivity contribution in [2.45, 2.75) is 19.0 Å². The number of nitrogens with one attached hydrogen (secondary N) is 1. The average Bonchev–Trinajstić information content (AvgIpc) is 2.61. The molecular formula is C9H15ClN2O2S. The van der Waals surface area contributed by atoms with Gasteiger partial charge in [-0.2, -0.15) is 0 Å². The van der Waals surface area contributed by atoms with Gasteiger partial charge in [-0.05, 0) is 6.42 Å². The van der Waals surface area contributed by atoms with Crippen LogP contribution in [0.4, 0.5) is 0 Å². The Bertz CT molecular complexity index is 277. The molecule has 1 rings (SSSR count). The first-order chi connectivity index (χ1) is 7.26. The van der Waals surface area contributed by atoms with Crippen LogP contribution in [0.15, 0.2) is 6.20 Å². The summed E-state index contributed by atoms with van der Waals surface area (Å²) in [6.45, 7) is 1.39. The Labute approximate surface area is 98.2 Å². The molecular weight excluding hydrogens is 236 g/mol. The van der Waals surface area contributed by atoms with Crippen molar-refractivity contribution in [1.82, 2.24) is 10.3 Å². The second-order valence-electron chi connectivity index (χ2n) is 3.10. The minimum absolute atomic E-state index is 0.152. The lowest BCUT2D eigenvalue weighted by atomic mass is 10.2. The van der Waals surface area contributed by atoms with E-state index in [0.717, 1.165) is 5.01 Å². The highest BCUT2D eigenvalue weighted by molar-refractivity contribution is 7.15. The zero-order chi connectivity index (χ0) is 11.1. The molecule has 0 aliphatic heterocycles. The number of rotatable bonds is 7. The topological polar surface area (TPSA) is 54.4 Å². The number of aromatic nitrogens is 1. The summed E-state index contributed by atoms with van der Waals surface area (Å²) in [5.74, 6) is 0. The van der Waals surface area contributed by atoms with E-state index in [1.807, 2.05) is 0 Å². The van der Waals surface area contributed by atoms with Gasteiger partial charge < -0.3 is 15.2 Å². The van der Waals surface area contributed by atoms with Crippen LogP contribution in [-0.2, 0) is 11.3 Å². The van der Waals surface area contributed by atoms with E-state index in [0.29, 0.717) is 23.9 Å². The normalized spacial score (nSPS) is 13.0. The highest BCUT2D eigenvalue weighted by Crippen LogP contribution is 2.17. The van der Waals surface area contributed by atoms with E-state index in [9.17, 15) is 0 Å². The standard InChI is InChI=1S/C9H15ClN2O2S/c1-14-6-7(2-3-13)11-5-9-12-4-8(10)15-9/h4,7,11,13H,2-3,5-6H2,1H3. The van der Waals surface area contributed by atoms with Crippen LogP contribution in [0.3, 0.4) is 0 Å². The summed E-state index contributed by atoms with van der Waals surface area (Å²) < 4.78 is 5.73. The van der Waals surface area contributed by atoms with Crippen LogP contribution in [0.1, 0.15) is 11.4 Å². The molecule has 0 spiro atoms. The molecule has 0 saturated carbocycles. The fourth-order valence-corrected chi connectivity index (χ4v) is 2.11. The lowest BCUT2D eigenvalue weighted by Gasteiger charge is -2.15. The number of aliphatic hydroxyl groups is 1. The highest BCUT2D eigenvalue weighted by atomic mass is 35.5. The van der Waals surface area contributed by atoms with Gasteiger partial charge in [-0.15, -0.1) is 11.3 Å². The van der Waals surface area contributed by atoms with E-state index >= 15 is 0 Å². The first kappa shape index (κ1) is 12.9. The maximum atomic E-state index is 8.83. The van der Waals surface area contributed by atoms with Gasteiger partial charge in [-0.1, -0.05) is 11.6 Å². The first-order valence-electron chi connectivity index (χ1n) is 4.69. The van der Waals surface area contributed by atoms with E-state index in [1.165, 1.54) is 11.3 Å². The van der Waals surface area contributed by atoms with E-state index in [4.69, 9.17) is 21.4 Å². The van der Waals surface area contributed by atoms with Gasteiger partial charge >= 0.3 is 0 Å². The van der Waals surface area contributed by atoms with Crippen LogP contribution in [0.25, 0.3) is 0 Å². The highest BCUT2D eigenvalue weighted by Gasteiger charge is 2.08. The third kappa shape index (κ3) is 4.90. The predicted molar refractivity (Wildman–Crippen MR) is 61.3 cm³/mol. The fraction of sp³-hybridized carbons (Fsp3) is 0.667. The molecule has 1 atom stereocenters. The second kappa shape index (κ2) is 7.14. The van der Waals surface area contributed by atoms with Gasteiger partial charge in [0.25, 0.3) is 0 Å². The van der Waals surface area contributed by atoms with Crippen LogP contribution in [0.2, 0.25) is 4.34 Å². The van der Waals surface area contributed by atoms with Crippen LogP contribution in [-0.4, -0.2) is 36.5 Å². The number of aliphatic hydroxyl groups excluding tert-OH is 1. The number of ether oxygens (including phenoxy) is 1. The largest absolute Gasteiger partial charge is 0.396 e. The summed E-state index contributed by atoms with van der Waals surface area (Å²) in [5, 5.41) is 13.0. The van der Waals surface area contributed by atoms with Gasteiger partial charge in [0.05, 0.1) is 12.8 Å². The SMILES string of the molecule is COCC(CCO)NCc1ncc(Cl)s1. The van der Waals surface area contributed by atoms with Crippen molar-refractivity contribution in [3.05, 3.63) is 15.5 Å². The van der Waals surface area contributed by atoms with Crippen molar-refractivity contribution in [2.75, 3.05) is 20.3 Å². The Hall–Kier alpha value is -0.200. The van der Waals surface area contributed by atoms with Crippen molar-refractivity contribution < 1.29 is 9.84 Å². The number of thiazole rings is 1. The van der Waals surface area contributed by atoms with Gasteiger partial charge in [-0.3, -0.25) is 0 Å². The average molecular weight is 251 g/mol. The molecule has 0 aliphatic carbocycles. The van der Waals surface area contributed by atoms with Crippen molar-refractivity contribution >= 4 is 22.9 Å². The molecule has 1 aromatic heterocycles. The molecule has 1 unspecified atom stereocenters. The monoisotopic (exact) mass is 250 g/mol. The summed E-state index contributed by atoms with van der Waals surface area (Å²) in [4.78, 5) is 4.13. The molecule has 0 fully saturated rings. The van der Waals surface area contributed by atoms with Gasteiger partial charge in [0.15, 0.2) is 0 Å². The molecule has 15 heavy (non-hydrogen) atoms. The van der Waals surface area contributed by atoms with Crippen LogP contribution < -0.4 is 5.32 Å². The van der Waals surface area contributed by atoms with Crippen molar-refractivity contribution in [3.8, 4) is 0 Å². The number of methoxy groups -OCH3 is 1. The minimum Gasteiger partial charge on any atom is -0.396 e. The number of halogens is 1. The predicted octanol–water partition coefficient (Wildman–Crippen LogP) is 1.28.